The van der Waals surface area contributed by atoms with E-state index in [9.17, 15) is 46.0 Å². The normalized spacial score (nSPS) is 47.4. The maximum Gasteiger partial charge on any atom is 0.187 e. The molecule has 2 saturated heterocycles. The average molecular weight is 785 g/mol. The lowest BCUT2D eigenvalue weighted by molar-refractivity contribution is -0.236. The van der Waals surface area contributed by atoms with Crippen LogP contribution in [0.5, 0.6) is 0 Å². The lowest BCUT2D eigenvalue weighted by Crippen LogP contribution is -2.60. The van der Waals surface area contributed by atoms with E-state index in [1.807, 2.05) is 0 Å². The third kappa shape index (κ3) is 7.77. The maximum atomic E-state index is 12.4. The number of hydrogen-bond donors (Lipinski definition) is 9. The first kappa shape index (κ1) is 43.5. The molecule has 6 aliphatic rings. The summed E-state index contributed by atoms with van der Waals surface area (Å²) in [6.07, 6.45) is -11.7. The molecule has 0 amide bonds. The summed E-state index contributed by atoms with van der Waals surface area (Å²) in [7, 11) is 1.41. The Balaban J connectivity index is 1.41. The highest BCUT2D eigenvalue weighted by molar-refractivity contribution is 5.40. The van der Waals surface area contributed by atoms with Gasteiger partial charge < -0.3 is 69.6 Å². The molecule has 14 heteroatoms. The molecule has 0 aromatic rings. The third-order valence-corrected chi connectivity index (χ3v) is 14.9. The molecule has 55 heavy (non-hydrogen) atoms. The van der Waals surface area contributed by atoms with Crippen molar-refractivity contribution in [3.63, 3.8) is 0 Å². The van der Waals surface area contributed by atoms with Gasteiger partial charge in [0.05, 0.1) is 31.5 Å². The van der Waals surface area contributed by atoms with Crippen molar-refractivity contribution in [2.75, 3.05) is 20.3 Å². The number of aliphatic hydroxyl groups is 9. The fourth-order valence-electron chi connectivity index (χ4n) is 11.6. The summed E-state index contributed by atoms with van der Waals surface area (Å²) in [5.74, 6) is -0.111. The van der Waals surface area contributed by atoms with Crippen molar-refractivity contribution in [1.82, 2.24) is 0 Å². The third-order valence-electron chi connectivity index (χ3n) is 14.9. The van der Waals surface area contributed by atoms with E-state index in [0.717, 1.165) is 42.4 Å². The predicted octanol–water partition coefficient (Wildman–Crippen LogP) is 0.914. The standard InChI is InChI=1S/C41H68O14/c1-18(2)19(3)8-9-20(4)29-27(52-38-33(49)31(47)35(53-38)25(44)16-42)15-23-28-22(11-13-41(23,29)6)40(5)12-10-21(43)14-24(40)30(46)37(28)55-39-34(50)32(48)36(54-39)26(45)17-51-7/h18,20-22,24-27,29-39,42-50H,3,8-17H2,1-2,4-7H3/t20-,21-,22+,24-,25-,26-,27-,29+,30+,31-,32-,33-,34-,35+,36+,37-,38-,39+,40-,41+/m1/s1. The Morgan fingerprint density at radius 3 is 2.07 bits per heavy atom. The van der Waals surface area contributed by atoms with Crippen molar-refractivity contribution in [3.05, 3.63) is 23.3 Å². The van der Waals surface area contributed by atoms with Crippen molar-refractivity contribution in [2.45, 2.75) is 172 Å². The molecular weight excluding hydrogens is 716 g/mol. The predicted molar refractivity (Wildman–Crippen MR) is 198 cm³/mol. The Bertz CT molecular complexity index is 1380. The van der Waals surface area contributed by atoms with Crippen LogP contribution in [0.15, 0.2) is 23.3 Å². The molecule has 0 spiro atoms. The fraction of sp³-hybridized carbons (Fsp3) is 0.902. The summed E-state index contributed by atoms with van der Waals surface area (Å²) in [5.41, 5.74) is 2.23. The van der Waals surface area contributed by atoms with Crippen molar-refractivity contribution < 1.29 is 69.6 Å². The van der Waals surface area contributed by atoms with Crippen LogP contribution in [0.4, 0.5) is 0 Å². The Morgan fingerprint density at radius 2 is 1.47 bits per heavy atom. The first-order valence-corrected chi connectivity index (χ1v) is 20.5. The molecule has 0 aromatic heterocycles. The van der Waals surface area contributed by atoms with E-state index < -0.39 is 97.8 Å². The smallest absolute Gasteiger partial charge is 0.187 e. The van der Waals surface area contributed by atoms with Gasteiger partial charge in [-0.15, -0.1) is 0 Å². The van der Waals surface area contributed by atoms with Gasteiger partial charge in [-0.1, -0.05) is 52.3 Å². The number of ether oxygens (including phenoxy) is 5. The van der Waals surface area contributed by atoms with Gasteiger partial charge in [0.25, 0.3) is 0 Å². The molecule has 0 unspecified atom stereocenters. The van der Waals surface area contributed by atoms with E-state index >= 15 is 0 Å². The molecule has 0 radical (unpaired) electrons. The zero-order chi connectivity index (χ0) is 40.3. The van der Waals surface area contributed by atoms with Crippen LogP contribution in [0.25, 0.3) is 0 Å². The fourth-order valence-corrected chi connectivity index (χ4v) is 11.6. The molecule has 6 rings (SSSR count). The van der Waals surface area contributed by atoms with Gasteiger partial charge in [0.1, 0.15) is 54.9 Å². The average Bonchev–Trinajstić information content (AvgIpc) is 3.72. The van der Waals surface area contributed by atoms with E-state index in [2.05, 4.69) is 41.2 Å². The molecule has 2 heterocycles. The first-order valence-electron chi connectivity index (χ1n) is 20.5. The number of hydrogen-bond acceptors (Lipinski definition) is 14. The van der Waals surface area contributed by atoms with Gasteiger partial charge in [-0.2, -0.15) is 0 Å². The Morgan fingerprint density at radius 1 is 0.855 bits per heavy atom. The minimum absolute atomic E-state index is 0.0607. The van der Waals surface area contributed by atoms with E-state index in [-0.39, 0.29) is 35.7 Å². The molecule has 14 nitrogen and oxygen atoms in total. The van der Waals surface area contributed by atoms with Gasteiger partial charge in [0, 0.05) is 7.11 Å². The quantitative estimate of drug-likeness (QED) is 0.112. The molecule has 4 aliphatic carbocycles. The summed E-state index contributed by atoms with van der Waals surface area (Å²) in [6, 6.07) is 0. The molecule has 5 fully saturated rings. The molecular formula is C41H68O14. The van der Waals surface area contributed by atoms with Crippen molar-refractivity contribution in [1.29, 1.82) is 0 Å². The van der Waals surface area contributed by atoms with E-state index in [4.69, 9.17) is 23.7 Å². The first-order chi connectivity index (χ1) is 25.9. The van der Waals surface area contributed by atoms with Gasteiger partial charge in [0.15, 0.2) is 12.6 Å². The van der Waals surface area contributed by atoms with E-state index in [0.29, 0.717) is 31.6 Å². The lowest BCUT2D eigenvalue weighted by atomic mass is 9.47. The van der Waals surface area contributed by atoms with E-state index in [1.165, 1.54) is 7.11 Å². The van der Waals surface area contributed by atoms with Crippen molar-refractivity contribution in [2.24, 2.45) is 40.4 Å². The van der Waals surface area contributed by atoms with Crippen LogP contribution in [0.1, 0.15) is 86.0 Å². The highest BCUT2D eigenvalue weighted by atomic mass is 16.7. The minimum atomic E-state index is -1.52. The van der Waals surface area contributed by atoms with Gasteiger partial charge in [-0.05, 0) is 97.4 Å². The van der Waals surface area contributed by atoms with Gasteiger partial charge in [-0.25, -0.2) is 0 Å². The molecule has 9 N–H and O–H groups in total. The highest BCUT2D eigenvalue weighted by Gasteiger charge is 2.64. The van der Waals surface area contributed by atoms with Crippen LogP contribution in [0, 0.1) is 40.4 Å². The topological polar surface area (TPSA) is 228 Å². The zero-order valence-electron chi connectivity index (χ0n) is 33.3. The summed E-state index contributed by atoms with van der Waals surface area (Å²) >= 11 is 0. The summed E-state index contributed by atoms with van der Waals surface area (Å²) in [4.78, 5) is 0. The second-order valence-corrected chi connectivity index (χ2v) is 18.4. The SMILES string of the molecule is C=C(CC[C@@H](C)[C@H]1[C@H](O[C@@H]2O[C@@H]([C@H](O)CO)[C@H](O)[C@H]2O)CC2=C3[C@@H](O[C@@H]4O[C@@H]([C@H](O)COC)[C@H](O)[C@H]4O)[C@@H](O)[C@H]4C[C@H](O)CC[C@]4(C)[C@H]3CC[C@@]21C)C(C)C. The molecule has 2 aliphatic heterocycles. The second kappa shape index (κ2) is 16.9. The van der Waals surface area contributed by atoms with Gasteiger partial charge >= 0.3 is 0 Å². The van der Waals surface area contributed by atoms with Crippen LogP contribution >= 0.6 is 0 Å². The summed E-state index contributed by atoms with van der Waals surface area (Å²) < 4.78 is 30.3. The van der Waals surface area contributed by atoms with E-state index in [1.54, 1.807) is 0 Å². The van der Waals surface area contributed by atoms with Crippen molar-refractivity contribution >= 4 is 0 Å². The number of rotatable bonds is 14. The summed E-state index contributed by atoms with van der Waals surface area (Å²) in [6.45, 7) is 14.4. The molecule has 3 saturated carbocycles. The number of allylic oxidation sites excluding steroid dienone is 1. The number of fused-ring (bicyclic) bond motifs is 4. The van der Waals surface area contributed by atoms with Crippen LogP contribution < -0.4 is 0 Å². The largest absolute Gasteiger partial charge is 0.394 e. The Kier molecular flexibility index (Phi) is 13.4. The minimum Gasteiger partial charge on any atom is -0.394 e. The van der Waals surface area contributed by atoms with Crippen LogP contribution in [-0.4, -0.2) is 152 Å². The molecule has 0 aromatic carbocycles. The Labute approximate surface area is 325 Å². The van der Waals surface area contributed by atoms with Gasteiger partial charge in [0.2, 0.25) is 0 Å². The molecule has 20 atom stereocenters. The van der Waals surface area contributed by atoms with Gasteiger partial charge in [-0.3, -0.25) is 0 Å². The summed E-state index contributed by atoms with van der Waals surface area (Å²) in [5, 5.41) is 97.8. The second-order valence-electron chi connectivity index (χ2n) is 18.4. The van der Waals surface area contributed by atoms with Crippen molar-refractivity contribution in [3.8, 4) is 0 Å². The Hall–Kier alpha value is -1.08. The molecule has 0 bridgehead atoms. The highest BCUT2D eigenvalue weighted by Crippen LogP contribution is 2.67. The number of methoxy groups -OCH3 is 1. The van der Waals surface area contributed by atoms with Crippen LogP contribution in [0.2, 0.25) is 0 Å². The van der Waals surface area contributed by atoms with Crippen LogP contribution in [0.3, 0.4) is 0 Å². The lowest BCUT2D eigenvalue weighted by Gasteiger charge is -2.60. The monoisotopic (exact) mass is 784 g/mol. The number of aliphatic hydroxyl groups excluding tert-OH is 9. The maximum absolute atomic E-state index is 12.4. The molecule has 316 valence electrons. The van der Waals surface area contributed by atoms with Crippen LogP contribution in [-0.2, 0) is 23.7 Å². The zero-order valence-corrected chi connectivity index (χ0v) is 33.3.